The van der Waals surface area contributed by atoms with Gasteiger partial charge in [0.2, 0.25) is 0 Å². The average Bonchev–Trinajstić information content (AvgIpc) is 2.98. The number of carbonyl (C=O) groups excluding carboxylic acids is 1. The Morgan fingerprint density at radius 1 is 1.22 bits per heavy atom. The van der Waals surface area contributed by atoms with Crippen molar-refractivity contribution in [3.8, 4) is 0 Å². The molecule has 4 atom stereocenters. The highest BCUT2D eigenvalue weighted by molar-refractivity contribution is 5.74. The Bertz CT molecular complexity index is 463. The van der Waals surface area contributed by atoms with Gasteiger partial charge in [-0.15, -0.1) is 0 Å². The van der Waals surface area contributed by atoms with Crippen LogP contribution in [0, 0.1) is 23.7 Å². The third-order valence-electron chi connectivity index (χ3n) is 4.35. The number of benzene rings is 1. The molecule has 2 heteroatoms. The minimum atomic E-state index is -0.0248. The molecule has 2 aliphatic rings. The van der Waals surface area contributed by atoms with Gasteiger partial charge in [-0.1, -0.05) is 49.4 Å². The van der Waals surface area contributed by atoms with Gasteiger partial charge in [0.05, 0.1) is 5.92 Å². The monoisotopic (exact) mass is 242 g/mol. The van der Waals surface area contributed by atoms with Crippen LogP contribution < -0.4 is 0 Å². The van der Waals surface area contributed by atoms with Crippen LogP contribution >= 0.6 is 0 Å². The Morgan fingerprint density at radius 2 is 1.94 bits per heavy atom. The van der Waals surface area contributed by atoms with Gasteiger partial charge in [0.25, 0.3) is 0 Å². The summed E-state index contributed by atoms with van der Waals surface area (Å²) in [6.45, 7) is 2.56. The molecule has 0 aromatic heterocycles. The predicted molar refractivity (Wildman–Crippen MR) is 69.6 cm³/mol. The fraction of sp³-hybridized carbons (Fsp3) is 0.438. The molecule has 0 amide bonds. The van der Waals surface area contributed by atoms with Gasteiger partial charge in [-0.2, -0.15) is 0 Å². The second-order valence-electron chi connectivity index (χ2n) is 5.43. The lowest BCUT2D eigenvalue weighted by atomic mass is 9.84. The molecule has 2 bridgehead atoms. The van der Waals surface area contributed by atoms with E-state index in [1.165, 1.54) is 0 Å². The average molecular weight is 242 g/mol. The molecule has 1 aromatic rings. The van der Waals surface area contributed by atoms with Crippen LogP contribution in [0.2, 0.25) is 0 Å². The molecule has 3 rings (SSSR count). The molecule has 0 saturated heterocycles. The Hall–Kier alpha value is -1.57. The van der Waals surface area contributed by atoms with Gasteiger partial charge in [0.15, 0.2) is 0 Å². The van der Waals surface area contributed by atoms with E-state index in [2.05, 4.69) is 19.1 Å². The molecule has 0 radical (unpaired) electrons. The van der Waals surface area contributed by atoms with Crippen molar-refractivity contribution in [2.75, 3.05) is 0 Å². The molecule has 1 fully saturated rings. The first-order valence-electron chi connectivity index (χ1n) is 6.64. The maximum atomic E-state index is 12.2. The fourth-order valence-corrected chi connectivity index (χ4v) is 3.28. The number of ether oxygens (including phenoxy) is 1. The smallest absolute Gasteiger partial charge is 0.310 e. The van der Waals surface area contributed by atoms with E-state index in [0.717, 1.165) is 12.0 Å². The summed E-state index contributed by atoms with van der Waals surface area (Å²) >= 11 is 0. The number of esters is 1. The lowest BCUT2D eigenvalue weighted by molar-refractivity contribution is -0.152. The van der Waals surface area contributed by atoms with Crippen molar-refractivity contribution in [3.05, 3.63) is 48.0 Å². The summed E-state index contributed by atoms with van der Waals surface area (Å²) in [6, 6.07) is 9.86. The first-order valence-corrected chi connectivity index (χ1v) is 6.64. The van der Waals surface area contributed by atoms with Gasteiger partial charge in [-0.3, -0.25) is 4.79 Å². The van der Waals surface area contributed by atoms with Crippen LogP contribution in [0.15, 0.2) is 42.5 Å². The van der Waals surface area contributed by atoms with Crippen molar-refractivity contribution in [1.29, 1.82) is 0 Å². The molecule has 1 saturated carbocycles. The molecule has 2 nitrogen and oxygen atoms in total. The standard InChI is InChI=1S/C16H18O2/c1-11-13-7-8-14(9-13)15(11)16(17)18-10-12-5-3-2-4-6-12/h2-8,11,13-15H,9-10H2,1H3/t11-,13+,14-,15+/m0/s1. The Balaban J connectivity index is 1.61. The van der Waals surface area contributed by atoms with Crippen LogP contribution in [0.1, 0.15) is 18.9 Å². The number of allylic oxidation sites excluding steroid dienone is 2. The van der Waals surface area contributed by atoms with Crippen molar-refractivity contribution in [2.24, 2.45) is 23.7 Å². The van der Waals surface area contributed by atoms with E-state index in [4.69, 9.17) is 4.74 Å². The maximum Gasteiger partial charge on any atom is 0.310 e. The summed E-state index contributed by atoms with van der Waals surface area (Å²) in [5, 5.41) is 0. The normalized spacial score (nSPS) is 32.7. The summed E-state index contributed by atoms with van der Waals surface area (Å²) in [6.07, 6.45) is 5.59. The first-order chi connectivity index (χ1) is 8.75. The largest absolute Gasteiger partial charge is 0.461 e. The van der Waals surface area contributed by atoms with Crippen LogP contribution in [-0.2, 0) is 16.1 Å². The number of fused-ring (bicyclic) bond motifs is 2. The second kappa shape index (κ2) is 4.60. The van der Waals surface area contributed by atoms with Crippen molar-refractivity contribution in [3.63, 3.8) is 0 Å². The summed E-state index contributed by atoms with van der Waals surface area (Å²) < 4.78 is 5.46. The topological polar surface area (TPSA) is 26.3 Å². The molecule has 0 N–H and O–H groups in total. The highest BCUT2D eigenvalue weighted by Crippen LogP contribution is 2.48. The van der Waals surface area contributed by atoms with Gasteiger partial charge in [-0.25, -0.2) is 0 Å². The van der Waals surface area contributed by atoms with Crippen molar-refractivity contribution < 1.29 is 9.53 Å². The SMILES string of the molecule is C[C@@H]1[C@@H](C(=O)OCc2ccccc2)[C@H]2C=C[C@@H]1C2. The van der Waals surface area contributed by atoms with Crippen molar-refractivity contribution >= 4 is 5.97 Å². The molecular formula is C16H18O2. The summed E-state index contributed by atoms with van der Waals surface area (Å²) in [5.74, 6) is 1.48. The predicted octanol–water partition coefficient (Wildman–Crippen LogP) is 3.19. The quantitative estimate of drug-likeness (QED) is 0.601. The van der Waals surface area contributed by atoms with Gasteiger partial charge in [-0.05, 0) is 29.7 Å². The minimum Gasteiger partial charge on any atom is -0.461 e. The van der Waals surface area contributed by atoms with E-state index in [9.17, 15) is 4.79 Å². The van der Waals surface area contributed by atoms with E-state index in [-0.39, 0.29) is 11.9 Å². The summed E-state index contributed by atoms with van der Waals surface area (Å²) in [4.78, 5) is 12.2. The third-order valence-corrected chi connectivity index (χ3v) is 4.35. The van der Waals surface area contributed by atoms with Crippen LogP contribution in [-0.4, -0.2) is 5.97 Å². The van der Waals surface area contributed by atoms with Gasteiger partial charge in [0, 0.05) is 0 Å². The molecule has 18 heavy (non-hydrogen) atoms. The molecule has 94 valence electrons. The van der Waals surface area contributed by atoms with Gasteiger partial charge in [0.1, 0.15) is 6.61 Å². The van der Waals surface area contributed by atoms with Crippen molar-refractivity contribution in [2.45, 2.75) is 20.0 Å². The first kappa shape index (κ1) is 11.5. The molecule has 0 unspecified atom stereocenters. The number of hydrogen-bond acceptors (Lipinski definition) is 2. The lowest BCUT2D eigenvalue weighted by Gasteiger charge is -2.22. The molecule has 1 aromatic carbocycles. The van der Waals surface area contributed by atoms with Gasteiger partial charge >= 0.3 is 5.97 Å². The zero-order valence-electron chi connectivity index (χ0n) is 10.6. The van der Waals surface area contributed by atoms with Crippen LogP contribution in [0.5, 0.6) is 0 Å². The fourth-order valence-electron chi connectivity index (χ4n) is 3.28. The summed E-state index contributed by atoms with van der Waals surface area (Å²) in [5.41, 5.74) is 1.05. The molecule has 2 aliphatic carbocycles. The van der Waals surface area contributed by atoms with Crippen LogP contribution in [0.25, 0.3) is 0 Å². The van der Waals surface area contributed by atoms with Crippen LogP contribution in [0.4, 0.5) is 0 Å². The third kappa shape index (κ3) is 1.96. The molecular weight excluding hydrogens is 224 g/mol. The highest BCUT2D eigenvalue weighted by atomic mass is 16.5. The molecule has 0 aliphatic heterocycles. The maximum absolute atomic E-state index is 12.2. The molecule has 0 heterocycles. The van der Waals surface area contributed by atoms with E-state index in [1.807, 2.05) is 30.3 Å². The number of carbonyl (C=O) groups is 1. The zero-order valence-corrected chi connectivity index (χ0v) is 10.6. The highest BCUT2D eigenvalue weighted by Gasteiger charge is 2.46. The van der Waals surface area contributed by atoms with Crippen LogP contribution in [0.3, 0.4) is 0 Å². The van der Waals surface area contributed by atoms with E-state index in [1.54, 1.807) is 0 Å². The number of hydrogen-bond donors (Lipinski definition) is 0. The van der Waals surface area contributed by atoms with E-state index < -0.39 is 0 Å². The van der Waals surface area contributed by atoms with Gasteiger partial charge < -0.3 is 4.74 Å². The summed E-state index contributed by atoms with van der Waals surface area (Å²) in [7, 11) is 0. The number of rotatable bonds is 3. The molecule has 0 spiro atoms. The Labute approximate surface area is 108 Å². The minimum absolute atomic E-state index is 0.0248. The Kier molecular flexibility index (Phi) is 2.94. The second-order valence-corrected chi connectivity index (χ2v) is 5.43. The Morgan fingerprint density at radius 3 is 2.61 bits per heavy atom. The van der Waals surface area contributed by atoms with Crippen molar-refractivity contribution in [1.82, 2.24) is 0 Å². The zero-order chi connectivity index (χ0) is 12.5. The van der Waals surface area contributed by atoms with E-state index in [0.29, 0.717) is 24.4 Å². The van der Waals surface area contributed by atoms with E-state index >= 15 is 0 Å². The lowest BCUT2D eigenvalue weighted by Crippen LogP contribution is -2.27.